The van der Waals surface area contributed by atoms with Gasteiger partial charge in [-0.3, -0.25) is 5.01 Å². The van der Waals surface area contributed by atoms with Gasteiger partial charge >= 0.3 is 0 Å². The SMILES string of the molecule is CN(C)c1ccc(/C=N/N2CCN(c3ccc(Cl)cc3)CC2)cc1. The zero-order valence-corrected chi connectivity index (χ0v) is 14.9. The van der Waals surface area contributed by atoms with Crippen molar-refractivity contribution in [2.75, 3.05) is 50.1 Å². The predicted molar refractivity (Wildman–Crippen MR) is 104 cm³/mol. The van der Waals surface area contributed by atoms with Gasteiger partial charge in [-0.15, -0.1) is 0 Å². The van der Waals surface area contributed by atoms with E-state index in [0.29, 0.717) is 0 Å². The van der Waals surface area contributed by atoms with Gasteiger partial charge in [0.1, 0.15) is 0 Å². The van der Waals surface area contributed by atoms with Crippen LogP contribution in [0.2, 0.25) is 5.02 Å². The molecular weight excluding hydrogens is 320 g/mol. The Balaban J connectivity index is 1.54. The van der Waals surface area contributed by atoms with Crippen molar-refractivity contribution in [3.63, 3.8) is 0 Å². The molecule has 0 atom stereocenters. The second kappa shape index (κ2) is 7.58. The van der Waals surface area contributed by atoms with Crippen molar-refractivity contribution in [1.82, 2.24) is 5.01 Å². The van der Waals surface area contributed by atoms with Crippen LogP contribution in [0.4, 0.5) is 11.4 Å². The number of rotatable bonds is 4. The molecule has 0 spiro atoms. The summed E-state index contributed by atoms with van der Waals surface area (Å²) >= 11 is 5.95. The molecule has 2 aromatic carbocycles. The van der Waals surface area contributed by atoms with Crippen molar-refractivity contribution >= 4 is 29.2 Å². The van der Waals surface area contributed by atoms with Crippen molar-refractivity contribution in [2.24, 2.45) is 5.10 Å². The lowest BCUT2D eigenvalue weighted by Crippen LogP contribution is -2.44. The number of hydrogen-bond donors (Lipinski definition) is 0. The summed E-state index contributed by atoms with van der Waals surface area (Å²) in [5.41, 5.74) is 3.55. The summed E-state index contributed by atoms with van der Waals surface area (Å²) in [5.74, 6) is 0. The molecule has 4 nitrogen and oxygen atoms in total. The van der Waals surface area contributed by atoms with E-state index in [0.717, 1.165) is 36.8 Å². The van der Waals surface area contributed by atoms with Gasteiger partial charge in [-0.05, 0) is 42.0 Å². The molecular formula is C19H23ClN4. The number of halogens is 1. The zero-order chi connectivity index (χ0) is 16.9. The Bertz CT molecular complexity index is 672. The molecule has 126 valence electrons. The van der Waals surface area contributed by atoms with E-state index in [2.05, 4.69) is 56.3 Å². The van der Waals surface area contributed by atoms with Crippen molar-refractivity contribution in [3.8, 4) is 0 Å². The number of hydrazone groups is 1. The van der Waals surface area contributed by atoms with Gasteiger partial charge in [-0.1, -0.05) is 23.7 Å². The first kappa shape index (κ1) is 16.7. The first-order valence-corrected chi connectivity index (χ1v) is 8.56. The molecule has 0 bridgehead atoms. The maximum atomic E-state index is 5.95. The molecule has 0 saturated carbocycles. The first-order valence-electron chi connectivity index (χ1n) is 8.19. The molecule has 1 saturated heterocycles. The van der Waals surface area contributed by atoms with Gasteiger partial charge in [0.25, 0.3) is 0 Å². The Hall–Kier alpha value is -2.20. The predicted octanol–water partition coefficient (Wildman–Crippen LogP) is 3.56. The Morgan fingerprint density at radius 2 is 1.54 bits per heavy atom. The molecule has 3 rings (SSSR count). The van der Waals surface area contributed by atoms with E-state index < -0.39 is 0 Å². The Morgan fingerprint density at radius 3 is 2.12 bits per heavy atom. The quantitative estimate of drug-likeness (QED) is 0.793. The molecule has 0 unspecified atom stereocenters. The molecule has 0 radical (unpaired) electrons. The molecule has 2 aromatic rings. The number of nitrogens with zero attached hydrogens (tertiary/aromatic N) is 4. The topological polar surface area (TPSA) is 22.1 Å². The van der Waals surface area contributed by atoms with Crippen LogP contribution in [-0.2, 0) is 0 Å². The normalized spacial score (nSPS) is 15.1. The Morgan fingerprint density at radius 1 is 0.917 bits per heavy atom. The lowest BCUT2D eigenvalue weighted by Gasteiger charge is -2.34. The third kappa shape index (κ3) is 4.20. The number of anilines is 2. The lowest BCUT2D eigenvalue weighted by atomic mass is 10.2. The fourth-order valence-corrected chi connectivity index (χ4v) is 2.85. The fourth-order valence-electron chi connectivity index (χ4n) is 2.73. The molecule has 1 fully saturated rings. The van der Waals surface area contributed by atoms with Crippen LogP contribution in [-0.4, -0.2) is 51.5 Å². The van der Waals surface area contributed by atoms with Gasteiger partial charge in [-0.2, -0.15) is 5.10 Å². The van der Waals surface area contributed by atoms with Gasteiger partial charge in [0, 0.05) is 43.6 Å². The summed E-state index contributed by atoms with van der Waals surface area (Å²) < 4.78 is 0. The van der Waals surface area contributed by atoms with Gasteiger partial charge in [0.15, 0.2) is 0 Å². The molecule has 1 aliphatic rings. The summed E-state index contributed by atoms with van der Waals surface area (Å²) in [4.78, 5) is 4.46. The highest BCUT2D eigenvalue weighted by molar-refractivity contribution is 6.30. The molecule has 24 heavy (non-hydrogen) atoms. The maximum absolute atomic E-state index is 5.95. The highest BCUT2D eigenvalue weighted by atomic mass is 35.5. The van der Waals surface area contributed by atoms with Crippen molar-refractivity contribution in [2.45, 2.75) is 0 Å². The summed E-state index contributed by atoms with van der Waals surface area (Å²) in [7, 11) is 4.09. The van der Waals surface area contributed by atoms with Crippen LogP contribution in [0.3, 0.4) is 0 Å². The van der Waals surface area contributed by atoms with Crippen molar-refractivity contribution in [3.05, 3.63) is 59.1 Å². The first-order chi connectivity index (χ1) is 11.6. The minimum absolute atomic E-state index is 0.780. The van der Waals surface area contributed by atoms with E-state index in [1.54, 1.807) is 0 Å². The smallest absolute Gasteiger partial charge is 0.0542 e. The van der Waals surface area contributed by atoms with Gasteiger partial charge < -0.3 is 9.80 Å². The molecule has 0 aliphatic carbocycles. The van der Waals surface area contributed by atoms with Crippen LogP contribution in [0.5, 0.6) is 0 Å². The van der Waals surface area contributed by atoms with E-state index in [4.69, 9.17) is 11.6 Å². The average molecular weight is 343 g/mol. The zero-order valence-electron chi connectivity index (χ0n) is 14.2. The summed E-state index contributed by atoms with van der Waals surface area (Å²) in [6.07, 6.45) is 1.94. The Labute approximate surface area is 148 Å². The van der Waals surface area contributed by atoms with Crippen LogP contribution >= 0.6 is 11.6 Å². The molecule has 0 N–H and O–H groups in total. The molecule has 1 heterocycles. The number of piperazine rings is 1. The van der Waals surface area contributed by atoms with E-state index in [-0.39, 0.29) is 0 Å². The third-order valence-corrected chi connectivity index (χ3v) is 4.48. The molecule has 1 aliphatic heterocycles. The minimum atomic E-state index is 0.780. The number of benzene rings is 2. The molecule has 0 aromatic heterocycles. The second-order valence-corrected chi connectivity index (χ2v) is 6.58. The standard InChI is InChI=1S/C19H23ClN4/c1-22(2)18-7-3-16(4-8-18)15-21-24-13-11-23(12-14-24)19-9-5-17(20)6-10-19/h3-10,15H,11-14H2,1-2H3/b21-15+. The van der Waals surface area contributed by atoms with Crippen molar-refractivity contribution < 1.29 is 0 Å². The maximum Gasteiger partial charge on any atom is 0.0542 e. The largest absolute Gasteiger partial charge is 0.378 e. The fraction of sp³-hybridized carbons (Fsp3) is 0.316. The highest BCUT2D eigenvalue weighted by Gasteiger charge is 2.15. The second-order valence-electron chi connectivity index (χ2n) is 6.15. The van der Waals surface area contributed by atoms with Crippen LogP contribution in [0.25, 0.3) is 0 Å². The summed E-state index contributed by atoms with van der Waals surface area (Å²) in [5, 5.41) is 7.53. The van der Waals surface area contributed by atoms with Crippen LogP contribution in [0, 0.1) is 0 Å². The monoisotopic (exact) mass is 342 g/mol. The van der Waals surface area contributed by atoms with Gasteiger partial charge in [-0.25, -0.2) is 0 Å². The summed E-state index contributed by atoms with van der Waals surface area (Å²) in [6.45, 7) is 3.79. The van der Waals surface area contributed by atoms with Gasteiger partial charge in [0.2, 0.25) is 0 Å². The third-order valence-electron chi connectivity index (χ3n) is 4.23. The lowest BCUT2D eigenvalue weighted by molar-refractivity contribution is 0.272. The Kier molecular flexibility index (Phi) is 5.26. The minimum Gasteiger partial charge on any atom is -0.378 e. The van der Waals surface area contributed by atoms with E-state index in [1.165, 1.54) is 11.4 Å². The van der Waals surface area contributed by atoms with Crippen LogP contribution in [0.1, 0.15) is 5.56 Å². The number of hydrogen-bond acceptors (Lipinski definition) is 4. The average Bonchev–Trinajstić information content (AvgIpc) is 2.61. The van der Waals surface area contributed by atoms with Crippen LogP contribution in [0.15, 0.2) is 53.6 Å². The van der Waals surface area contributed by atoms with Gasteiger partial charge in [0.05, 0.1) is 19.3 Å². The van der Waals surface area contributed by atoms with E-state index in [1.807, 2.05) is 32.4 Å². The van der Waals surface area contributed by atoms with Crippen molar-refractivity contribution in [1.29, 1.82) is 0 Å². The summed E-state index contributed by atoms with van der Waals surface area (Å²) in [6, 6.07) is 16.5. The van der Waals surface area contributed by atoms with E-state index >= 15 is 0 Å². The highest BCUT2D eigenvalue weighted by Crippen LogP contribution is 2.19. The molecule has 0 amide bonds. The van der Waals surface area contributed by atoms with Crippen LogP contribution < -0.4 is 9.80 Å². The molecule has 5 heteroatoms. The van der Waals surface area contributed by atoms with E-state index in [9.17, 15) is 0 Å².